The third-order valence-corrected chi connectivity index (χ3v) is 3.35. The number of methoxy groups -OCH3 is 1. The summed E-state index contributed by atoms with van der Waals surface area (Å²) in [5.74, 6) is 0.554. The van der Waals surface area contributed by atoms with E-state index in [1.54, 1.807) is 14.2 Å². The lowest BCUT2D eigenvalue weighted by atomic mass is 10.0. The SMILES string of the molecule is COc1ccc(CN(C)C(=O)C(C)(C)O)c(C)c1C. The first-order valence-electron chi connectivity index (χ1n) is 6.29. The van der Waals surface area contributed by atoms with Crippen LogP contribution in [0.5, 0.6) is 5.75 Å². The van der Waals surface area contributed by atoms with E-state index in [4.69, 9.17) is 4.74 Å². The molecule has 0 fully saturated rings. The third kappa shape index (κ3) is 3.47. The number of likely N-dealkylation sites (N-methyl/N-ethyl adjacent to an activating group) is 1. The van der Waals surface area contributed by atoms with Crippen molar-refractivity contribution in [1.82, 2.24) is 4.90 Å². The van der Waals surface area contributed by atoms with Crippen molar-refractivity contribution in [3.05, 3.63) is 28.8 Å². The highest BCUT2D eigenvalue weighted by molar-refractivity contribution is 5.83. The lowest BCUT2D eigenvalue weighted by Crippen LogP contribution is -2.42. The van der Waals surface area contributed by atoms with Crippen LogP contribution in [-0.4, -0.2) is 35.7 Å². The van der Waals surface area contributed by atoms with E-state index >= 15 is 0 Å². The molecule has 0 bridgehead atoms. The molecule has 0 saturated carbocycles. The highest BCUT2D eigenvalue weighted by Crippen LogP contribution is 2.25. The normalized spacial score (nSPS) is 11.3. The van der Waals surface area contributed by atoms with Gasteiger partial charge in [-0.1, -0.05) is 6.07 Å². The second-order valence-corrected chi connectivity index (χ2v) is 5.40. The Balaban J connectivity index is 2.95. The van der Waals surface area contributed by atoms with E-state index in [9.17, 15) is 9.90 Å². The number of carbonyl (C=O) groups excluding carboxylic acids is 1. The first-order valence-corrected chi connectivity index (χ1v) is 6.29. The molecule has 0 heterocycles. The van der Waals surface area contributed by atoms with Gasteiger partial charge in [0.25, 0.3) is 5.91 Å². The van der Waals surface area contributed by atoms with Crippen LogP contribution in [0, 0.1) is 13.8 Å². The van der Waals surface area contributed by atoms with Crippen LogP contribution in [0.1, 0.15) is 30.5 Å². The molecule has 0 aliphatic heterocycles. The summed E-state index contributed by atoms with van der Waals surface area (Å²) in [6.45, 7) is 7.47. The van der Waals surface area contributed by atoms with Gasteiger partial charge >= 0.3 is 0 Å². The fourth-order valence-electron chi connectivity index (χ4n) is 2.04. The third-order valence-electron chi connectivity index (χ3n) is 3.35. The van der Waals surface area contributed by atoms with Crippen LogP contribution in [0.25, 0.3) is 0 Å². The van der Waals surface area contributed by atoms with Crippen LogP contribution >= 0.6 is 0 Å². The van der Waals surface area contributed by atoms with Gasteiger partial charge in [-0.3, -0.25) is 4.79 Å². The molecule has 19 heavy (non-hydrogen) atoms. The van der Waals surface area contributed by atoms with E-state index in [1.165, 1.54) is 18.7 Å². The van der Waals surface area contributed by atoms with Gasteiger partial charge in [-0.15, -0.1) is 0 Å². The van der Waals surface area contributed by atoms with Crippen LogP contribution < -0.4 is 4.74 Å². The molecule has 0 aliphatic carbocycles. The minimum Gasteiger partial charge on any atom is -0.496 e. The van der Waals surface area contributed by atoms with Gasteiger partial charge in [-0.05, 0) is 50.5 Å². The minimum absolute atomic E-state index is 0.291. The second-order valence-electron chi connectivity index (χ2n) is 5.40. The topological polar surface area (TPSA) is 49.8 Å². The van der Waals surface area contributed by atoms with Crippen LogP contribution in [0.4, 0.5) is 0 Å². The number of amides is 1. The number of nitrogens with zero attached hydrogens (tertiary/aromatic N) is 1. The number of hydrogen-bond acceptors (Lipinski definition) is 3. The molecule has 0 spiro atoms. The van der Waals surface area contributed by atoms with E-state index in [2.05, 4.69) is 0 Å². The average molecular weight is 265 g/mol. The largest absolute Gasteiger partial charge is 0.496 e. The van der Waals surface area contributed by atoms with Crippen LogP contribution in [-0.2, 0) is 11.3 Å². The van der Waals surface area contributed by atoms with Gasteiger partial charge < -0.3 is 14.7 Å². The molecular formula is C15H23NO3. The lowest BCUT2D eigenvalue weighted by molar-refractivity contribution is -0.146. The molecule has 0 radical (unpaired) electrons. The van der Waals surface area contributed by atoms with Crippen molar-refractivity contribution >= 4 is 5.91 Å². The predicted molar refractivity (Wildman–Crippen MR) is 75.2 cm³/mol. The highest BCUT2D eigenvalue weighted by atomic mass is 16.5. The molecule has 1 amide bonds. The van der Waals surface area contributed by atoms with Crippen LogP contribution in [0.3, 0.4) is 0 Å². The van der Waals surface area contributed by atoms with Crippen molar-refractivity contribution in [1.29, 1.82) is 0 Å². The summed E-state index contributed by atoms with van der Waals surface area (Å²) >= 11 is 0. The number of ether oxygens (including phenoxy) is 1. The monoisotopic (exact) mass is 265 g/mol. The molecule has 0 saturated heterocycles. The van der Waals surface area contributed by atoms with Crippen LogP contribution in [0.2, 0.25) is 0 Å². The molecular weight excluding hydrogens is 242 g/mol. The first kappa shape index (κ1) is 15.5. The molecule has 1 N–H and O–H groups in total. The Kier molecular flexibility index (Phi) is 4.58. The van der Waals surface area contributed by atoms with E-state index < -0.39 is 5.60 Å². The lowest BCUT2D eigenvalue weighted by Gasteiger charge is -2.26. The molecule has 1 aromatic rings. The van der Waals surface area contributed by atoms with Crippen molar-refractivity contribution in [3.63, 3.8) is 0 Å². The van der Waals surface area contributed by atoms with E-state index in [0.29, 0.717) is 6.54 Å². The zero-order chi connectivity index (χ0) is 14.8. The summed E-state index contributed by atoms with van der Waals surface area (Å²) in [6, 6.07) is 3.86. The summed E-state index contributed by atoms with van der Waals surface area (Å²) in [7, 11) is 3.34. The van der Waals surface area contributed by atoms with Gasteiger partial charge in [-0.25, -0.2) is 0 Å². The van der Waals surface area contributed by atoms with Gasteiger partial charge in [0.05, 0.1) is 7.11 Å². The second kappa shape index (κ2) is 5.61. The molecule has 1 aromatic carbocycles. The molecule has 4 heteroatoms. The fraction of sp³-hybridized carbons (Fsp3) is 0.533. The summed E-state index contributed by atoms with van der Waals surface area (Å²) in [5, 5.41) is 9.73. The number of rotatable bonds is 4. The average Bonchev–Trinajstić information content (AvgIpc) is 2.33. The first-order chi connectivity index (χ1) is 8.68. The fourth-order valence-corrected chi connectivity index (χ4v) is 2.04. The minimum atomic E-state index is -1.34. The Hall–Kier alpha value is -1.55. The molecule has 0 atom stereocenters. The number of benzene rings is 1. The van der Waals surface area contributed by atoms with Crippen molar-refractivity contribution in [2.75, 3.05) is 14.2 Å². The number of carbonyl (C=O) groups is 1. The molecule has 0 unspecified atom stereocenters. The maximum atomic E-state index is 11.9. The van der Waals surface area contributed by atoms with E-state index in [-0.39, 0.29) is 5.91 Å². The Morgan fingerprint density at radius 2 is 1.89 bits per heavy atom. The zero-order valence-electron chi connectivity index (χ0n) is 12.6. The number of hydrogen-bond donors (Lipinski definition) is 1. The van der Waals surface area contributed by atoms with E-state index in [0.717, 1.165) is 22.4 Å². The Morgan fingerprint density at radius 3 is 2.37 bits per heavy atom. The summed E-state index contributed by atoms with van der Waals surface area (Å²) in [5.41, 5.74) is 1.89. The molecule has 106 valence electrons. The van der Waals surface area contributed by atoms with Gasteiger partial charge in [0, 0.05) is 13.6 Å². The summed E-state index contributed by atoms with van der Waals surface area (Å²) in [6.07, 6.45) is 0. The maximum absolute atomic E-state index is 11.9. The quantitative estimate of drug-likeness (QED) is 0.906. The number of aliphatic hydroxyl groups is 1. The van der Waals surface area contributed by atoms with Crippen LogP contribution in [0.15, 0.2) is 12.1 Å². The molecule has 0 aliphatic rings. The predicted octanol–water partition coefficient (Wildman–Crippen LogP) is 2.04. The van der Waals surface area contributed by atoms with Crippen molar-refractivity contribution in [3.8, 4) is 5.75 Å². The summed E-state index contributed by atoms with van der Waals surface area (Å²) < 4.78 is 5.27. The van der Waals surface area contributed by atoms with Crippen molar-refractivity contribution < 1.29 is 14.6 Å². The Labute approximate surface area is 115 Å². The van der Waals surface area contributed by atoms with Gasteiger partial charge in [-0.2, -0.15) is 0 Å². The molecule has 0 aromatic heterocycles. The standard InChI is InChI=1S/C15H23NO3/c1-10-11(2)13(19-6)8-7-12(10)9-16(5)14(17)15(3,4)18/h7-8,18H,9H2,1-6H3. The Bertz CT molecular complexity index is 475. The summed E-state index contributed by atoms with van der Waals surface area (Å²) in [4.78, 5) is 13.5. The highest BCUT2D eigenvalue weighted by Gasteiger charge is 2.27. The van der Waals surface area contributed by atoms with E-state index in [1.807, 2.05) is 26.0 Å². The van der Waals surface area contributed by atoms with Gasteiger partial charge in [0.1, 0.15) is 11.4 Å². The molecule has 1 rings (SSSR count). The van der Waals surface area contributed by atoms with Gasteiger partial charge in [0.15, 0.2) is 0 Å². The Morgan fingerprint density at radius 1 is 1.32 bits per heavy atom. The smallest absolute Gasteiger partial charge is 0.253 e. The van der Waals surface area contributed by atoms with Gasteiger partial charge in [0.2, 0.25) is 0 Å². The van der Waals surface area contributed by atoms with Crippen molar-refractivity contribution in [2.24, 2.45) is 0 Å². The van der Waals surface area contributed by atoms with Crippen molar-refractivity contribution in [2.45, 2.75) is 39.8 Å². The maximum Gasteiger partial charge on any atom is 0.253 e. The zero-order valence-corrected chi connectivity index (χ0v) is 12.6. The molecule has 4 nitrogen and oxygen atoms in total.